The molecule has 0 aliphatic carbocycles. The fourth-order valence-corrected chi connectivity index (χ4v) is 5.08. The Bertz CT molecular complexity index is 913. The summed E-state index contributed by atoms with van der Waals surface area (Å²) in [6, 6.07) is 11.9. The normalized spacial score (nSPS) is 18.2. The molecule has 1 atom stereocenters. The van der Waals surface area contributed by atoms with Crippen LogP contribution in [0.1, 0.15) is 31.2 Å². The minimum Gasteiger partial charge on any atom is -0.326 e. The molecule has 5 nitrogen and oxygen atoms in total. The summed E-state index contributed by atoms with van der Waals surface area (Å²) >= 11 is 0. The topological polar surface area (TPSA) is 66.5 Å². The van der Waals surface area contributed by atoms with Gasteiger partial charge in [0, 0.05) is 24.7 Å². The van der Waals surface area contributed by atoms with Crippen molar-refractivity contribution in [3.63, 3.8) is 0 Å². The number of carbonyl (C=O) groups excluding carboxylic acids is 1. The first-order valence-corrected chi connectivity index (χ1v) is 10.4. The maximum Gasteiger partial charge on any atom is 0.243 e. The number of piperidine rings is 1. The molecule has 0 saturated carbocycles. The van der Waals surface area contributed by atoms with Crippen LogP contribution < -0.4 is 5.32 Å². The second kappa shape index (κ2) is 8.19. The van der Waals surface area contributed by atoms with E-state index in [4.69, 9.17) is 0 Å². The second-order valence-electron chi connectivity index (χ2n) is 6.84. The molecule has 0 spiro atoms. The molecule has 0 aromatic heterocycles. The van der Waals surface area contributed by atoms with E-state index in [1.54, 1.807) is 6.07 Å². The zero-order chi connectivity index (χ0) is 19.4. The van der Waals surface area contributed by atoms with Gasteiger partial charge < -0.3 is 5.32 Å². The number of carbonyl (C=O) groups is 1. The number of benzene rings is 2. The number of amides is 1. The van der Waals surface area contributed by atoms with Crippen molar-refractivity contribution in [1.29, 1.82) is 0 Å². The molecule has 0 bridgehead atoms. The molecule has 1 fully saturated rings. The molecule has 2 aromatic carbocycles. The van der Waals surface area contributed by atoms with Crippen molar-refractivity contribution < 1.29 is 17.6 Å². The summed E-state index contributed by atoms with van der Waals surface area (Å²) in [5.41, 5.74) is 1.73. The van der Waals surface area contributed by atoms with E-state index < -0.39 is 21.9 Å². The van der Waals surface area contributed by atoms with Crippen molar-refractivity contribution in [2.45, 2.75) is 43.5 Å². The third-order valence-corrected chi connectivity index (χ3v) is 6.68. The molecule has 144 valence electrons. The molecule has 2 aromatic rings. The van der Waals surface area contributed by atoms with Gasteiger partial charge >= 0.3 is 0 Å². The Labute approximate surface area is 159 Å². The first kappa shape index (κ1) is 19.5. The molecule has 3 rings (SSSR count). The monoisotopic (exact) mass is 390 g/mol. The van der Waals surface area contributed by atoms with E-state index >= 15 is 0 Å². The highest BCUT2D eigenvalue weighted by Crippen LogP contribution is 2.27. The molecule has 0 radical (unpaired) electrons. The van der Waals surface area contributed by atoms with E-state index in [0.717, 1.165) is 30.5 Å². The molecular weight excluding hydrogens is 367 g/mol. The Hall–Kier alpha value is -2.25. The van der Waals surface area contributed by atoms with E-state index in [1.807, 2.05) is 25.1 Å². The van der Waals surface area contributed by atoms with Crippen molar-refractivity contribution in [3.05, 3.63) is 59.9 Å². The molecule has 0 unspecified atom stereocenters. The van der Waals surface area contributed by atoms with Crippen LogP contribution in [0.2, 0.25) is 0 Å². The lowest BCUT2D eigenvalue weighted by Crippen LogP contribution is -2.45. The second-order valence-corrected chi connectivity index (χ2v) is 8.73. The van der Waals surface area contributed by atoms with Gasteiger partial charge in [0.05, 0.1) is 4.90 Å². The fourth-order valence-electron chi connectivity index (χ4n) is 3.39. The van der Waals surface area contributed by atoms with Crippen LogP contribution in [-0.2, 0) is 14.8 Å². The van der Waals surface area contributed by atoms with Gasteiger partial charge in [-0.1, -0.05) is 18.6 Å². The molecule has 1 aliphatic heterocycles. The Morgan fingerprint density at radius 2 is 1.93 bits per heavy atom. The van der Waals surface area contributed by atoms with Gasteiger partial charge in [-0.15, -0.1) is 0 Å². The smallest absolute Gasteiger partial charge is 0.243 e. The van der Waals surface area contributed by atoms with E-state index in [9.17, 15) is 17.6 Å². The lowest BCUT2D eigenvalue weighted by molar-refractivity contribution is -0.117. The van der Waals surface area contributed by atoms with Crippen LogP contribution in [0, 0.1) is 12.7 Å². The molecule has 1 N–H and O–H groups in total. The molecule has 1 amide bonds. The number of sulfonamides is 1. The zero-order valence-electron chi connectivity index (χ0n) is 15.2. The Morgan fingerprint density at radius 1 is 1.19 bits per heavy atom. The van der Waals surface area contributed by atoms with Crippen molar-refractivity contribution in [1.82, 2.24) is 4.31 Å². The number of halogens is 1. The predicted octanol–water partition coefficient (Wildman–Crippen LogP) is 3.71. The number of anilines is 1. The van der Waals surface area contributed by atoms with Gasteiger partial charge in [-0.25, -0.2) is 12.8 Å². The number of hydrogen-bond donors (Lipinski definition) is 1. The number of hydrogen-bond acceptors (Lipinski definition) is 3. The van der Waals surface area contributed by atoms with Crippen LogP contribution in [0.25, 0.3) is 0 Å². The summed E-state index contributed by atoms with van der Waals surface area (Å²) in [7, 11) is -3.77. The summed E-state index contributed by atoms with van der Waals surface area (Å²) in [5.74, 6) is -0.700. The number of rotatable bonds is 5. The van der Waals surface area contributed by atoms with Crippen LogP contribution in [0.5, 0.6) is 0 Å². The van der Waals surface area contributed by atoms with E-state index in [2.05, 4.69) is 5.32 Å². The highest BCUT2D eigenvalue weighted by atomic mass is 32.2. The molecule has 27 heavy (non-hydrogen) atoms. The third-order valence-electron chi connectivity index (χ3n) is 4.72. The van der Waals surface area contributed by atoms with E-state index in [0.29, 0.717) is 18.7 Å². The van der Waals surface area contributed by atoms with Gasteiger partial charge in [-0.3, -0.25) is 4.79 Å². The Balaban J connectivity index is 1.75. The highest BCUT2D eigenvalue weighted by Gasteiger charge is 2.34. The third kappa shape index (κ3) is 4.73. The number of nitrogens with one attached hydrogen (secondary N) is 1. The molecule has 7 heteroatoms. The van der Waals surface area contributed by atoms with Gasteiger partial charge in [-0.05, 0) is 61.7 Å². The van der Waals surface area contributed by atoms with Crippen LogP contribution >= 0.6 is 0 Å². The van der Waals surface area contributed by atoms with Gasteiger partial charge in [0.1, 0.15) is 5.82 Å². The van der Waals surface area contributed by atoms with Crippen LogP contribution in [-0.4, -0.2) is 31.2 Å². The first-order valence-electron chi connectivity index (χ1n) is 9.00. The van der Waals surface area contributed by atoms with E-state index in [-0.39, 0.29) is 17.2 Å². The molecular formula is C20H23FN2O3S. The first-order chi connectivity index (χ1) is 12.9. The van der Waals surface area contributed by atoms with Gasteiger partial charge in [0.2, 0.25) is 15.9 Å². The molecule has 1 saturated heterocycles. The van der Waals surface area contributed by atoms with Crippen molar-refractivity contribution in [2.24, 2.45) is 0 Å². The SMILES string of the molecule is Cc1cccc(NC(=O)C[C@@H]2CCCCN2S(=O)(=O)c2ccc(F)cc2)c1. The average molecular weight is 390 g/mol. The highest BCUT2D eigenvalue weighted by molar-refractivity contribution is 7.89. The van der Waals surface area contributed by atoms with Crippen LogP contribution in [0.3, 0.4) is 0 Å². The molecule has 1 heterocycles. The van der Waals surface area contributed by atoms with Crippen molar-refractivity contribution in [3.8, 4) is 0 Å². The number of aryl methyl sites for hydroxylation is 1. The summed E-state index contributed by atoms with van der Waals surface area (Å²) in [6.07, 6.45) is 2.34. The number of nitrogens with zero attached hydrogens (tertiary/aromatic N) is 1. The predicted molar refractivity (Wildman–Crippen MR) is 102 cm³/mol. The summed E-state index contributed by atoms with van der Waals surface area (Å²) in [5, 5.41) is 2.84. The largest absolute Gasteiger partial charge is 0.326 e. The maximum atomic E-state index is 13.1. The summed E-state index contributed by atoms with van der Waals surface area (Å²) in [4.78, 5) is 12.5. The Morgan fingerprint density at radius 3 is 2.63 bits per heavy atom. The lowest BCUT2D eigenvalue weighted by atomic mass is 10.0. The van der Waals surface area contributed by atoms with Gasteiger partial charge in [-0.2, -0.15) is 4.31 Å². The lowest BCUT2D eigenvalue weighted by Gasteiger charge is -2.34. The average Bonchev–Trinajstić information content (AvgIpc) is 2.62. The quantitative estimate of drug-likeness (QED) is 0.846. The van der Waals surface area contributed by atoms with Crippen molar-refractivity contribution >= 4 is 21.6 Å². The van der Waals surface area contributed by atoms with Gasteiger partial charge in [0.25, 0.3) is 0 Å². The van der Waals surface area contributed by atoms with Crippen LogP contribution in [0.15, 0.2) is 53.4 Å². The minimum absolute atomic E-state index is 0.0508. The summed E-state index contributed by atoms with van der Waals surface area (Å²) < 4.78 is 40.5. The van der Waals surface area contributed by atoms with Crippen LogP contribution in [0.4, 0.5) is 10.1 Å². The maximum absolute atomic E-state index is 13.1. The fraction of sp³-hybridized carbons (Fsp3) is 0.350. The van der Waals surface area contributed by atoms with Crippen molar-refractivity contribution in [2.75, 3.05) is 11.9 Å². The minimum atomic E-state index is -3.77. The zero-order valence-corrected chi connectivity index (χ0v) is 16.0. The molecule has 1 aliphatic rings. The summed E-state index contributed by atoms with van der Waals surface area (Å²) in [6.45, 7) is 2.30. The Kier molecular flexibility index (Phi) is 5.92. The van der Waals surface area contributed by atoms with Gasteiger partial charge in [0.15, 0.2) is 0 Å². The van der Waals surface area contributed by atoms with E-state index in [1.165, 1.54) is 16.4 Å². The standard InChI is InChI=1S/C20H23FN2O3S/c1-15-5-4-6-17(13-15)22-20(24)14-18-7-2-3-12-23(18)27(25,26)19-10-8-16(21)9-11-19/h4-6,8-11,13,18H,2-3,7,12,14H2,1H3,(H,22,24)/t18-/m0/s1.